The van der Waals surface area contributed by atoms with E-state index in [1.165, 1.54) is 24.5 Å². The Bertz CT molecular complexity index is 1270. The van der Waals surface area contributed by atoms with Gasteiger partial charge in [-0.2, -0.15) is 0 Å². The average molecular weight is 452 g/mol. The molecule has 0 N–H and O–H groups in total. The summed E-state index contributed by atoms with van der Waals surface area (Å²) in [6.45, 7) is 1.64. The standard InChI is InChI=1S/C22H14BrNO5/c1-13-21(29-18-5-3-2-4-17(18)23)20(25)16-7-6-15(12-19(16)27-13)28-22(26)14-8-10-24-11-9-14/h2-12H,1H3. The van der Waals surface area contributed by atoms with Gasteiger partial charge in [-0.3, -0.25) is 9.78 Å². The van der Waals surface area contributed by atoms with Crippen molar-refractivity contribution in [2.75, 3.05) is 0 Å². The molecule has 0 amide bonds. The zero-order chi connectivity index (χ0) is 20.4. The molecule has 6 nitrogen and oxygen atoms in total. The van der Waals surface area contributed by atoms with Crippen molar-refractivity contribution in [1.82, 2.24) is 4.98 Å². The summed E-state index contributed by atoms with van der Waals surface area (Å²) in [4.78, 5) is 29.0. The Morgan fingerprint density at radius 1 is 1.07 bits per heavy atom. The number of aromatic nitrogens is 1. The van der Waals surface area contributed by atoms with Gasteiger partial charge in [-0.15, -0.1) is 0 Å². The zero-order valence-corrected chi connectivity index (χ0v) is 16.8. The first-order chi connectivity index (χ1) is 14.0. The van der Waals surface area contributed by atoms with E-state index in [-0.39, 0.29) is 16.9 Å². The highest BCUT2D eigenvalue weighted by Crippen LogP contribution is 2.31. The molecule has 0 saturated carbocycles. The van der Waals surface area contributed by atoms with Crippen molar-refractivity contribution in [2.45, 2.75) is 6.92 Å². The van der Waals surface area contributed by atoms with E-state index >= 15 is 0 Å². The lowest BCUT2D eigenvalue weighted by molar-refractivity contribution is 0.0735. The van der Waals surface area contributed by atoms with Crippen LogP contribution in [0.3, 0.4) is 0 Å². The van der Waals surface area contributed by atoms with Gasteiger partial charge in [-0.1, -0.05) is 12.1 Å². The van der Waals surface area contributed by atoms with Crippen LogP contribution in [0.5, 0.6) is 17.2 Å². The smallest absolute Gasteiger partial charge is 0.343 e. The summed E-state index contributed by atoms with van der Waals surface area (Å²) in [6.07, 6.45) is 3.01. The maximum absolute atomic E-state index is 12.9. The van der Waals surface area contributed by atoms with Crippen LogP contribution >= 0.6 is 15.9 Å². The fraction of sp³-hybridized carbons (Fsp3) is 0.0455. The first-order valence-electron chi connectivity index (χ1n) is 8.65. The number of hydrogen-bond donors (Lipinski definition) is 0. The van der Waals surface area contributed by atoms with Gasteiger partial charge in [0.15, 0.2) is 0 Å². The number of carbonyl (C=O) groups excluding carboxylic acids is 1. The topological polar surface area (TPSA) is 78.6 Å². The van der Waals surface area contributed by atoms with Crippen LogP contribution in [0.25, 0.3) is 11.0 Å². The summed E-state index contributed by atoms with van der Waals surface area (Å²) >= 11 is 3.39. The lowest BCUT2D eigenvalue weighted by Crippen LogP contribution is -2.10. The third-order valence-corrected chi connectivity index (χ3v) is 4.82. The normalized spacial score (nSPS) is 10.7. The van der Waals surface area contributed by atoms with Gasteiger partial charge in [-0.05, 0) is 59.3 Å². The molecule has 2 aromatic carbocycles. The first kappa shape index (κ1) is 18.9. The van der Waals surface area contributed by atoms with Gasteiger partial charge < -0.3 is 13.9 Å². The van der Waals surface area contributed by atoms with E-state index in [2.05, 4.69) is 20.9 Å². The predicted molar refractivity (Wildman–Crippen MR) is 111 cm³/mol. The number of fused-ring (bicyclic) bond motifs is 1. The van der Waals surface area contributed by atoms with Crippen molar-refractivity contribution in [1.29, 1.82) is 0 Å². The summed E-state index contributed by atoms with van der Waals surface area (Å²) in [5, 5.41) is 0.321. The van der Waals surface area contributed by atoms with E-state index in [4.69, 9.17) is 13.9 Å². The number of aryl methyl sites for hydroxylation is 1. The van der Waals surface area contributed by atoms with Crippen molar-refractivity contribution in [3.8, 4) is 17.2 Å². The molecule has 144 valence electrons. The highest BCUT2D eigenvalue weighted by Gasteiger charge is 2.16. The van der Waals surface area contributed by atoms with Crippen LogP contribution < -0.4 is 14.9 Å². The quantitative estimate of drug-likeness (QED) is 0.310. The second-order valence-electron chi connectivity index (χ2n) is 6.13. The molecule has 0 saturated heterocycles. The number of para-hydroxylation sites is 1. The molecule has 0 bridgehead atoms. The van der Waals surface area contributed by atoms with Gasteiger partial charge in [0.2, 0.25) is 11.2 Å². The number of halogens is 1. The van der Waals surface area contributed by atoms with Crippen LogP contribution in [-0.4, -0.2) is 11.0 Å². The van der Waals surface area contributed by atoms with Crippen molar-refractivity contribution < 1.29 is 18.7 Å². The number of esters is 1. The molecule has 0 aliphatic rings. The van der Waals surface area contributed by atoms with E-state index in [0.717, 1.165) is 4.47 Å². The predicted octanol–water partition coefficient (Wildman–Crippen LogP) is 5.27. The molecule has 0 unspecified atom stereocenters. The van der Waals surface area contributed by atoms with Gasteiger partial charge in [0.1, 0.15) is 22.8 Å². The van der Waals surface area contributed by atoms with Gasteiger partial charge in [-0.25, -0.2) is 4.79 Å². The van der Waals surface area contributed by atoms with E-state index in [0.29, 0.717) is 28.0 Å². The third-order valence-electron chi connectivity index (χ3n) is 4.16. The summed E-state index contributed by atoms with van der Waals surface area (Å²) in [7, 11) is 0. The van der Waals surface area contributed by atoms with Crippen molar-refractivity contribution >= 4 is 32.9 Å². The van der Waals surface area contributed by atoms with Gasteiger partial charge in [0.25, 0.3) is 0 Å². The molecule has 0 aliphatic heterocycles. The highest BCUT2D eigenvalue weighted by molar-refractivity contribution is 9.10. The molecule has 4 rings (SSSR count). The molecule has 0 spiro atoms. The second-order valence-corrected chi connectivity index (χ2v) is 6.99. The molecule has 2 heterocycles. The van der Waals surface area contributed by atoms with Crippen molar-refractivity contribution in [3.63, 3.8) is 0 Å². The SMILES string of the molecule is Cc1oc2cc(OC(=O)c3ccncc3)ccc2c(=O)c1Oc1ccccc1Br. The van der Waals surface area contributed by atoms with E-state index in [9.17, 15) is 9.59 Å². The van der Waals surface area contributed by atoms with Crippen LogP contribution in [0.2, 0.25) is 0 Å². The number of rotatable bonds is 4. The van der Waals surface area contributed by atoms with Crippen LogP contribution in [0.1, 0.15) is 16.1 Å². The summed E-state index contributed by atoms with van der Waals surface area (Å²) in [6, 6.07) is 14.9. The molecule has 7 heteroatoms. The van der Waals surface area contributed by atoms with E-state index in [1.807, 2.05) is 18.2 Å². The van der Waals surface area contributed by atoms with Crippen molar-refractivity contribution in [2.24, 2.45) is 0 Å². The minimum Gasteiger partial charge on any atom is -0.457 e. The van der Waals surface area contributed by atoms with Crippen LogP contribution in [0, 0.1) is 6.92 Å². The first-order valence-corrected chi connectivity index (χ1v) is 9.44. The largest absolute Gasteiger partial charge is 0.457 e. The Morgan fingerprint density at radius 3 is 2.59 bits per heavy atom. The second kappa shape index (κ2) is 7.89. The number of hydrogen-bond acceptors (Lipinski definition) is 6. The van der Waals surface area contributed by atoms with Gasteiger partial charge >= 0.3 is 5.97 Å². The van der Waals surface area contributed by atoms with Gasteiger partial charge in [0, 0.05) is 18.5 Å². The molecule has 2 aromatic heterocycles. The number of nitrogens with zero attached hydrogens (tertiary/aromatic N) is 1. The van der Waals surface area contributed by atoms with Crippen LogP contribution in [-0.2, 0) is 0 Å². The molecule has 0 fully saturated rings. The minimum atomic E-state index is -0.528. The Hall–Kier alpha value is -3.45. The van der Waals surface area contributed by atoms with Gasteiger partial charge in [0.05, 0.1) is 15.4 Å². The average Bonchev–Trinajstić information content (AvgIpc) is 2.73. The number of ether oxygens (including phenoxy) is 2. The monoisotopic (exact) mass is 451 g/mol. The Morgan fingerprint density at radius 2 is 1.83 bits per heavy atom. The highest BCUT2D eigenvalue weighted by atomic mass is 79.9. The van der Waals surface area contributed by atoms with Crippen LogP contribution in [0.4, 0.5) is 0 Å². The number of benzene rings is 2. The summed E-state index contributed by atoms with van der Waals surface area (Å²) in [5.41, 5.74) is 0.355. The lowest BCUT2D eigenvalue weighted by atomic mass is 10.2. The summed E-state index contributed by atoms with van der Waals surface area (Å²) in [5.74, 6) is 0.660. The fourth-order valence-electron chi connectivity index (χ4n) is 2.74. The molecular weight excluding hydrogens is 438 g/mol. The lowest BCUT2D eigenvalue weighted by Gasteiger charge is -2.10. The zero-order valence-electron chi connectivity index (χ0n) is 15.2. The molecular formula is C22H14BrNO5. The maximum atomic E-state index is 12.9. The van der Waals surface area contributed by atoms with Crippen molar-refractivity contribution in [3.05, 3.63) is 93.0 Å². The molecule has 0 atom stereocenters. The minimum absolute atomic E-state index is 0.103. The molecule has 4 aromatic rings. The molecule has 0 aliphatic carbocycles. The van der Waals surface area contributed by atoms with Crippen LogP contribution in [0.15, 0.2) is 80.7 Å². The van der Waals surface area contributed by atoms with E-state index < -0.39 is 5.97 Å². The van der Waals surface area contributed by atoms with E-state index in [1.54, 1.807) is 31.2 Å². The summed E-state index contributed by atoms with van der Waals surface area (Å²) < 4.78 is 17.6. The third kappa shape index (κ3) is 3.90. The molecule has 0 radical (unpaired) electrons. The number of carbonyl (C=O) groups is 1. The number of pyridine rings is 1. The fourth-order valence-corrected chi connectivity index (χ4v) is 3.11. The Labute approximate surface area is 173 Å². The maximum Gasteiger partial charge on any atom is 0.343 e. The molecule has 29 heavy (non-hydrogen) atoms. The Balaban J connectivity index is 1.68. The Kier molecular flexibility index (Phi) is 5.14.